The minimum absolute atomic E-state index is 0.515. The van der Waals surface area contributed by atoms with E-state index in [1.807, 2.05) is 24.3 Å². The lowest BCUT2D eigenvalue weighted by Gasteiger charge is -2.12. The van der Waals surface area contributed by atoms with Crippen molar-refractivity contribution < 1.29 is 14.6 Å². The van der Waals surface area contributed by atoms with E-state index in [4.69, 9.17) is 21.4 Å². The number of hydrogen-bond acceptors (Lipinski definition) is 2. The summed E-state index contributed by atoms with van der Waals surface area (Å²) in [6.07, 6.45) is 5.34. The van der Waals surface area contributed by atoms with Gasteiger partial charge < -0.3 is 9.84 Å². The van der Waals surface area contributed by atoms with Crippen molar-refractivity contribution in [3.8, 4) is 28.0 Å². The highest BCUT2D eigenvalue weighted by atomic mass is 35.5. The van der Waals surface area contributed by atoms with Crippen molar-refractivity contribution in [2.75, 3.05) is 0 Å². The molecule has 0 fully saturated rings. The smallest absolute Gasteiger partial charge is 0.344 e. The number of halogens is 1. The first-order valence-corrected chi connectivity index (χ1v) is 11.2. The highest BCUT2D eigenvalue weighted by Crippen LogP contribution is 2.33. The summed E-state index contributed by atoms with van der Waals surface area (Å²) in [4.78, 5) is 10.9. The summed E-state index contributed by atoms with van der Waals surface area (Å²) >= 11 is 6.60. The fraction of sp³-hybridized carbons (Fsp3) is 0.296. The number of aliphatic carboxylic acids is 1. The number of carboxylic acids is 1. The third kappa shape index (κ3) is 6.35. The number of aryl methyl sites for hydroxylation is 1. The molecule has 1 N–H and O–H groups in total. The van der Waals surface area contributed by atoms with Gasteiger partial charge in [-0.25, -0.2) is 4.79 Å². The maximum atomic E-state index is 10.9. The zero-order valence-electron chi connectivity index (χ0n) is 18.1. The molecule has 0 bridgehead atoms. The number of rotatable bonds is 10. The van der Waals surface area contributed by atoms with Crippen LogP contribution < -0.4 is 4.74 Å². The summed E-state index contributed by atoms with van der Waals surface area (Å²) in [5, 5.41) is 9.64. The van der Waals surface area contributed by atoms with Crippen molar-refractivity contribution in [1.29, 1.82) is 0 Å². The third-order valence-corrected chi connectivity index (χ3v) is 5.71. The molecule has 0 aliphatic carbocycles. The largest absolute Gasteiger partial charge is 0.479 e. The molecule has 0 radical (unpaired) electrons. The monoisotopic (exact) mass is 436 g/mol. The van der Waals surface area contributed by atoms with Crippen LogP contribution in [0.25, 0.3) is 22.3 Å². The highest BCUT2D eigenvalue weighted by Gasteiger charge is 2.13. The zero-order valence-corrected chi connectivity index (χ0v) is 18.9. The molecule has 31 heavy (non-hydrogen) atoms. The van der Waals surface area contributed by atoms with Crippen LogP contribution in [0, 0.1) is 0 Å². The molecule has 0 heterocycles. The van der Waals surface area contributed by atoms with E-state index in [2.05, 4.69) is 37.3 Å². The van der Waals surface area contributed by atoms with Gasteiger partial charge in [-0.3, -0.25) is 0 Å². The summed E-state index contributed by atoms with van der Waals surface area (Å²) in [7, 11) is 0. The van der Waals surface area contributed by atoms with Crippen LogP contribution in [-0.4, -0.2) is 17.2 Å². The molecule has 0 saturated carbocycles. The van der Waals surface area contributed by atoms with Crippen LogP contribution in [0.1, 0.15) is 45.1 Å². The Kier molecular flexibility index (Phi) is 8.13. The van der Waals surface area contributed by atoms with E-state index in [9.17, 15) is 4.79 Å². The first-order chi connectivity index (χ1) is 15.0. The zero-order chi connectivity index (χ0) is 22.2. The summed E-state index contributed by atoms with van der Waals surface area (Å²) in [6.45, 7) is 3.74. The maximum absolute atomic E-state index is 10.9. The van der Waals surface area contributed by atoms with E-state index in [0.29, 0.717) is 10.8 Å². The number of carboxylic acid groups (broad SMARTS) is 1. The second-order valence-corrected chi connectivity index (χ2v) is 8.23. The Morgan fingerprint density at radius 3 is 2.16 bits per heavy atom. The minimum Gasteiger partial charge on any atom is -0.479 e. The Balaban J connectivity index is 1.69. The first kappa shape index (κ1) is 22.9. The van der Waals surface area contributed by atoms with Gasteiger partial charge in [0.05, 0.1) is 0 Å². The number of hydrogen-bond donors (Lipinski definition) is 1. The molecule has 3 aromatic rings. The maximum Gasteiger partial charge on any atom is 0.344 e. The fourth-order valence-electron chi connectivity index (χ4n) is 3.52. The van der Waals surface area contributed by atoms with Crippen LogP contribution in [-0.2, 0) is 11.2 Å². The molecule has 3 nitrogen and oxygen atoms in total. The molecule has 3 rings (SSSR count). The van der Waals surface area contributed by atoms with Crippen LogP contribution in [0.4, 0.5) is 0 Å². The van der Waals surface area contributed by atoms with Gasteiger partial charge in [0.15, 0.2) is 6.10 Å². The molecular weight excluding hydrogens is 408 g/mol. The van der Waals surface area contributed by atoms with Gasteiger partial charge in [0, 0.05) is 10.6 Å². The van der Waals surface area contributed by atoms with Crippen molar-refractivity contribution in [3.63, 3.8) is 0 Å². The predicted octanol–water partition coefficient (Wildman–Crippen LogP) is 7.65. The standard InChI is InChI=1S/C27H29ClO3/c1-3-4-5-6-7-20-8-10-21(11-9-20)23-14-17-25(26(28)18-23)22-12-15-24(16-13-22)31-19(2)27(29)30/h8-19H,3-7H2,1-2H3,(H,29,30). The number of carbonyl (C=O) groups is 1. The van der Waals surface area contributed by atoms with Gasteiger partial charge in [-0.1, -0.05) is 86.3 Å². The number of ether oxygens (including phenoxy) is 1. The van der Waals surface area contributed by atoms with Crippen LogP contribution in [0.2, 0.25) is 5.02 Å². The fourth-order valence-corrected chi connectivity index (χ4v) is 3.81. The first-order valence-electron chi connectivity index (χ1n) is 10.9. The van der Waals surface area contributed by atoms with E-state index in [1.54, 1.807) is 12.1 Å². The summed E-state index contributed by atoms with van der Waals surface area (Å²) in [5.74, 6) is -0.478. The van der Waals surface area contributed by atoms with Gasteiger partial charge in [0.2, 0.25) is 0 Å². The second-order valence-electron chi connectivity index (χ2n) is 7.82. The summed E-state index contributed by atoms with van der Waals surface area (Å²) in [6, 6.07) is 22.1. The highest BCUT2D eigenvalue weighted by molar-refractivity contribution is 6.33. The molecular formula is C27H29ClO3. The van der Waals surface area contributed by atoms with Crippen LogP contribution in [0.3, 0.4) is 0 Å². The molecule has 3 aromatic carbocycles. The van der Waals surface area contributed by atoms with Crippen molar-refractivity contribution >= 4 is 17.6 Å². The average Bonchev–Trinajstić information content (AvgIpc) is 2.78. The summed E-state index contributed by atoms with van der Waals surface area (Å²) < 4.78 is 5.39. The minimum atomic E-state index is -0.993. The van der Waals surface area contributed by atoms with Gasteiger partial charge in [-0.05, 0) is 60.2 Å². The Bertz CT molecular complexity index is 994. The van der Waals surface area contributed by atoms with Gasteiger partial charge in [-0.15, -0.1) is 0 Å². The van der Waals surface area contributed by atoms with Crippen molar-refractivity contribution in [2.24, 2.45) is 0 Å². The number of benzene rings is 3. The molecule has 0 amide bonds. The summed E-state index contributed by atoms with van der Waals surface area (Å²) in [5.41, 5.74) is 5.49. The van der Waals surface area contributed by atoms with Crippen LogP contribution in [0.5, 0.6) is 5.75 Å². The Morgan fingerprint density at radius 2 is 1.55 bits per heavy atom. The SMILES string of the molecule is CCCCCCc1ccc(-c2ccc(-c3ccc(OC(C)C(=O)O)cc3)c(Cl)c2)cc1. The molecule has 1 atom stereocenters. The molecule has 0 aliphatic heterocycles. The van der Waals surface area contributed by atoms with Gasteiger partial charge >= 0.3 is 5.97 Å². The van der Waals surface area contributed by atoms with E-state index >= 15 is 0 Å². The second kappa shape index (κ2) is 11.0. The van der Waals surface area contributed by atoms with Gasteiger partial charge in [0.25, 0.3) is 0 Å². The topological polar surface area (TPSA) is 46.5 Å². The average molecular weight is 437 g/mol. The van der Waals surface area contributed by atoms with Crippen LogP contribution in [0.15, 0.2) is 66.7 Å². The van der Waals surface area contributed by atoms with Crippen molar-refractivity contribution in [1.82, 2.24) is 0 Å². The van der Waals surface area contributed by atoms with Crippen molar-refractivity contribution in [3.05, 3.63) is 77.3 Å². The predicted molar refractivity (Wildman–Crippen MR) is 128 cm³/mol. The van der Waals surface area contributed by atoms with E-state index in [-0.39, 0.29) is 0 Å². The lowest BCUT2D eigenvalue weighted by Crippen LogP contribution is -2.22. The van der Waals surface area contributed by atoms with E-state index in [1.165, 1.54) is 38.2 Å². The third-order valence-electron chi connectivity index (χ3n) is 5.40. The Labute approximate surface area is 189 Å². The Hall–Kier alpha value is -2.78. The van der Waals surface area contributed by atoms with Gasteiger partial charge in [0.1, 0.15) is 5.75 Å². The van der Waals surface area contributed by atoms with E-state index < -0.39 is 12.1 Å². The van der Waals surface area contributed by atoms with Gasteiger partial charge in [-0.2, -0.15) is 0 Å². The van der Waals surface area contributed by atoms with Crippen LogP contribution >= 0.6 is 11.6 Å². The Morgan fingerprint density at radius 1 is 0.903 bits per heavy atom. The lowest BCUT2D eigenvalue weighted by molar-refractivity contribution is -0.144. The number of unbranched alkanes of at least 4 members (excludes halogenated alkanes) is 3. The molecule has 4 heteroatoms. The molecule has 0 aliphatic rings. The molecule has 1 unspecified atom stereocenters. The molecule has 162 valence electrons. The van der Waals surface area contributed by atoms with Crippen molar-refractivity contribution in [2.45, 2.75) is 52.1 Å². The lowest BCUT2D eigenvalue weighted by atomic mass is 9.98. The molecule has 0 spiro atoms. The normalized spacial score (nSPS) is 11.8. The molecule has 0 saturated heterocycles. The quantitative estimate of drug-likeness (QED) is 0.332. The van der Waals surface area contributed by atoms with E-state index in [0.717, 1.165) is 28.7 Å². The molecule has 0 aromatic heterocycles.